The van der Waals surface area contributed by atoms with Crippen LogP contribution in [-0.4, -0.2) is 70.6 Å². The third kappa shape index (κ3) is 5.81. The number of urea groups is 1. The topological polar surface area (TPSA) is 81.9 Å². The zero-order valence-electron chi connectivity index (χ0n) is 22.7. The van der Waals surface area contributed by atoms with Crippen molar-refractivity contribution in [2.45, 2.75) is 50.4 Å². The summed E-state index contributed by atoms with van der Waals surface area (Å²) in [5.41, 5.74) is 2.96. The fourth-order valence-corrected chi connectivity index (χ4v) is 6.18. The van der Waals surface area contributed by atoms with E-state index in [1.54, 1.807) is 24.3 Å². The number of hydrogen-bond donors (Lipinski definition) is 0. The van der Waals surface area contributed by atoms with Gasteiger partial charge in [0, 0.05) is 63.7 Å². The highest BCUT2D eigenvalue weighted by atomic mass is 16.5. The number of aromatic nitrogens is 1. The summed E-state index contributed by atoms with van der Waals surface area (Å²) >= 11 is 0. The Morgan fingerprint density at radius 3 is 2.35 bits per heavy atom. The highest BCUT2D eigenvalue weighted by Gasteiger charge is 2.45. The molecule has 1 aromatic heterocycles. The molecule has 0 unspecified atom stereocenters. The van der Waals surface area contributed by atoms with Gasteiger partial charge in [0.05, 0.1) is 17.7 Å². The monoisotopic (exact) mass is 537 g/mol. The second-order valence-corrected chi connectivity index (χ2v) is 10.9. The van der Waals surface area contributed by atoms with E-state index in [9.17, 15) is 4.79 Å². The lowest BCUT2D eigenvalue weighted by Crippen LogP contribution is -2.48. The predicted molar refractivity (Wildman–Crippen MR) is 151 cm³/mol. The Kier molecular flexibility index (Phi) is 7.94. The number of carbonyl (C=O) groups excluding carboxylic acids is 1. The molecule has 0 spiro atoms. The molecule has 4 heterocycles. The molecule has 0 aliphatic carbocycles. The van der Waals surface area contributed by atoms with Gasteiger partial charge in [0.1, 0.15) is 5.75 Å². The van der Waals surface area contributed by atoms with Gasteiger partial charge in [0.15, 0.2) is 0 Å². The van der Waals surface area contributed by atoms with Crippen molar-refractivity contribution in [3.63, 3.8) is 0 Å². The Balaban J connectivity index is 1.07. The summed E-state index contributed by atoms with van der Waals surface area (Å²) in [5.74, 6) is 1.18. The third-order valence-electron chi connectivity index (χ3n) is 8.35. The van der Waals surface area contributed by atoms with Crippen molar-refractivity contribution in [3.8, 4) is 17.7 Å². The van der Waals surface area contributed by atoms with Gasteiger partial charge >= 0.3 is 6.03 Å². The maximum atomic E-state index is 13.8. The molecule has 1 atom stereocenters. The summed E-state index contributed by atoms with van der Waals surface area (Å²) in [6.07, 6.45) is 5.63. The molecule has 206 valence electrons. The van der Waals surface area contributed by atoms with Crippen molar-refractivity contribution < 1.29 is 14.3 Å². The van der Waals surface area contributed by atoms with Gasteiger partial charge in [-0.1, -0.05) is 36.4 Å². The molecule has 3 aliphatic rings. The lowest BCUT2D eigenvalue weighted by molar-refractivity contribution is 0.0493. The zero-order chi connectivity index (χ0) is 27.3. The van der Waals surface area contributed by atoms with Crippen molar-refractivity contribution in [3.05, 3.63) is 89.6 Å². The molecular weight excluding hydrogens is 502 g/mol. The van der Waals surface area contributed by atoms with Crippen LogP contribution in [0, 0.1) is 11.3 Å². The van der Waals surface area contributed by atoms with E-state index in [0.29, 0.717) is 17.2 Å². The highest BCUT2D eigenvalue weighted by Crippen LogP contribution is 2.37. The summed E-state index contributed by atoms with van der Waals surface area (Å²) in [6, 6.07) is 24.4. The van der Waals surface area contributed by atoms with E-state index in [4.69, 9.17) is 14.7 Å². The molecule has 8 heteroatoms. The summed E-state index contributed by atoms with van der Waals surface area (Å²) in [6.45, 7) is 4.94. The van der Waals surface area contributed by atoms with Crippen molar-refractivity contribution in [2.75, 3.05) is 32.8 Å². The van der Waals surface area contributed by atoms with Crippen LogP contribution in [0.15, 0.2) is 72.9 Å². The molecule has 6 rings (SSSR count). The van der Waals surface area contributed by atoms with Crippen LogP contribution >= 0.6 is 0 Å². The number of ether oxygens (including phenoxy) is 2. The summed E-state index contributed by atoms with van der Waals surface area (Å²) in [4.78, 5) is 25.1. The standard InChI is InChI=1S/C32H35N5O3/c33-20-24-6-9-29(10-7-24)40-31-11-8-25(21-34-31)22-35-16-12-28(13-17-35)37-30(26-4-2-1-3-5-26)23-36(32(37)38)27-14-18-39-19-15-27/h1-11,21,27-28,30H,12-19,22-23H2/t30-/m0/s1. The van der Waals surface area contributed by atoms with Crippen molar-refractivity contribution in [1.29, 1.82) is 5.26 Å². The maximum Gasteiger partial charge on any atom is 0.321 e. The average Bonchev–Trinajstić information content (AvgIpc) is 3.36. The van der Waals surface area contributed by atoms with Gasteiger partial charge in [0.2, 0.25) is 5.88 Å². The van der Waals surface area contributed by atoms with E-state index < -0.39 is 0 Å². The molecule has 3 aromatic rings. The second-order valence-electron chi connectivity index (χ2n) is 10.9. The van der Waals surface area contributed by atoms with E-state index in [1.165, 1.54) is 5.56 Å². The van der Waals surface area contributed by atoms with E-state index in [0.717, 1.165) is 70.6 Å². The Hall–Kier alpha value is -3.93. The maximum absolute atomic E-state index is 13.8. The summed E-state index contributed by atoms with van der Waals surface area (Å²) in [7, 11) is 0. The van der Waals surface area contributed by atoms with Crippen LogP contribution in [0.25, 0.3) is 0 Å². The van der Waals surface area contributed by atoms with E-state index >= 15 is 0 Å². The van der Waals surface area contributed by atoms with Crippen LogP contribution in [0.1, 0.15) is 48.4 Å². The number of pyridine rings is 1. The van der Waals surface area contributed by atoms with Gasteiger partial charge in [-0.15, -0.1) is 0 Å². The van der Waals surface area contributed by atoms with Crippen molar-refractivity contribution >= 4 is 6.03 Å². The first-order valence-corrected chi connectivity index (χ1v) is 14.2. The third-order valence-corrected chi connectivity index (χ3v) is 8.35. The molecular formula is C32H35N5O3. The number of hydrogen-bond acceptors (Lipinski definition) is 6. The minimum absolute atomic E-state index is 0.0981. The molecule has 8 nitrogen and oxygen atoms in total. The number of piperidine rings is 1. The highest BCUT2D eigenvalue weighted by molar-refractivity contribution is 5.78. The minimum atomic E-state index is 0.0981. The second kappa shape index (κ2) is 12.1. The number of likely N-dealkylation sites (tertiary alicyclic amines) is 1. The summed E-state index contributed by atoms with van der Waals surface area (Å²) in [5, 5.41) is 8.95. The van der Waals surface area contributed by atoms with Crippen LogP contribution < -0.4 is 4.74 Å². The molecule has 0 saturated carbocycles. The molecule has 2 aromatic carbocycles. The molecule has 3 saturated heterocycles. The Bertz CT molecular complexity index is 1310. The number of carbonyl (C=O) groups is 1. The quantitative estimate of drug-likeness (QED) is 0.403. The molecule has 3 aliphatic heterocycles. The molecule has 0 N–H and O–H groups in total. The largest absolute Gasteiger partial charge is 0.439 e. The first-order chi connectivity index (χ1) is 19.7. The Morgan fingerprint density at radius 1 is 0.925 bits per heavy atom. The van der Waals surface area contributed by atoms with Gasteiger partial charge < -0.3 is 19.3 Å². The average molecular weight is 538 g/mol. The van der Waals surface area contributed by atoms with Crippen LogP contribution in [0.4, 0.5) is 4.79 Å². The van der Waals surface area contributed by atoms with Crippen LogP contribution in [0.2, 0.25) is 0 Å². The van der Waals surface area contributed by atoms with Crippen molar-refractivity contribution in [2.24, 2.45) is 0 Å². The molecule has 2 amide bonds. The first kappa shape index (κ1) is 26.3. The SMILES string of the molecule is N#Cc1ccc(Oc2ccc(CN3CCC(N4C(=O)N(C5CCOCC5)C[C@H]4c4ccccc4)CC3)cn2)cc1. The number of amides is 2. The number of nitrogens with zero attached hydrogens (tertiary/aromatic N) is 5. The fraction of sp³-hybridized carbons (Fsp3) is 0.406. The lowest BCUT2D eigenvalue weighted by atomic mass is 9.99. The first-order valence-electron chi connectivity index (χ1n) is 14.2. The molecule has 3 fully saturated rings. The zero-order valence-corrected chi connectivity index (χ0v) is 22.7. The van der Waals surface area contributed by atoms with E-state index in [2.05, 4.69) is 56.1 Å². The van der Waals surface area contributed by atoms with Crippen LogP contribution in [-0.2, 0) is 11.3 Å². The molecule has 0 bridgehead atoms. The normalized spacial score (nSPS) is 21.0. The van der Waals surface area contributed by atoms with Crippen LogP contribution in [0.3, 0.4) is 0 Å². The van der Waals surface area contributed by atoms with Crippen molar-refractivity contribution in [1.82, 2.24) is 19.7 Å². The van der Waals surface area contributed by atoms with Gasteiger partial charge in [-0.2, -0.15) is 5.26 Å². The van der Waals surface area contributed by atoms with E-state index in [1.807, 2.05) is 18.3 Å². The lowest BCUT2D eigenvalue weighted by Gasteiger charge is -2.39. The van der Waals surface area contributed by atoms with E-state index in [-0.39, 0.29) is 24.2 Å². The number of benzene rings is 2. The minimum Gasteiger partial charge on any atom is -0.439 e. The molecule has 40 heavy (non-hydrogen) atoms. The fourth-order valence-electron chi connectivity index (χ4n) is 6.18. The Morgan fingerprint density at radius 2 is 1.68 bits per heavy atom. The number of nitriles is 1. The number of rotatable bonds is 7. The van der Waals surface area contributed by atoms with Crippen LogP contribution in [0.5, 0.6) is 11.6 Å². The predicted octanol–water partition coefficient (Wildman–Crippen LogP) is 5.37. The van der Waals surface area contributed by atoms with Gasteiger partial charge in [-0.05, 0) is 61.1 Å². The Labute approximate surface area is 235 Å². The molecule has 0 radical (unpaired) electrons. The summed E-state index contributed by atoms with van der Waals surface area (Å²) < 4.78 is 11.4. The van der Waals surface area contributed by atoms with Gasteiger partial charge in [-0.25, -0.2) is 9.78 Å². The van der Waals surface area contributed by atoms with Gasteiger partial charge in [0.25, 0.3) is 0 Å². The van der Waals surface area contributed by atoms with Gasteiger partial charge in [-0.3, -0.25) is 4.90 Å². The smallest absolute Gasteiger partial charge is 0.321 e.